The van der Waals surface area contributed by atoms with Crippen LogP contribution in [0.1, 0.15) is 32.6 Å². The molecule has 0 radical (unpaired) electrons. The van der Waals surface area contributed by atoms with Crippen molar-refractivity contribution in [1.29, 1.82) is 0 Å². The first-order chi connectivity index (χ1) is 14.1. The van der Waals surface area contributed by atoms with Gasteiger partial charge >= 0.3 is 0 Å². The van der Waals surface area contributed by atoms with E-state index in [1.807, 2.05) is 47.9 Å². The van der Waals surface area contributed by atoms with E-state index in [0.29, 0.717) is 22.0 Å². The molecule has 1 amide bonds. The van der Waals surface area contributed by atoms with Gasteiger partial charge in [0.15, 0.2) is 11.0 Å². The summed E-state index contributed by atoms with van der Waals surface area (Å²) < 4.78 is 1.95. The van der Waals surface area contributed by atoms with Crippen LogP contribution in [0.2, 0.25) is 5.02 Å². The lowest BCUT2D eigenvalue weighted by molar-refractivity contribution is -0.120. The molecule has 1 aromatic carbocycles. The lowest BCUT2D eigenvalue weighted by atomic mass is 10.2. The van der Waals surface area contributed by atoms with Gasteiger partial charge in [-0.05, 0) is 56.2 Å². The summed E-state index contributed by atoms with van der Waals surface area (Å²) in [6.07, 6.45) is 7.95. The molecule has 0 spiro atoms. The molecule has 29 heavy (non-hydrogen) atoms. The average molecular weight is 428 g/mol. The Kier molecular flexibility index (Phi) is 6.16. The van der Waals surface area contributed by atoms with Crippen molar-refractivity contribution in [2.75, 3.05) is 0 Å². The Morgan fingerprint density at radius 1 is 1.14 bits per heavy atom. The minimum atomic E-state index is -0.281. The van der Waals surface area contributed by atoms with Crippen LogP contribution in [0.3, 0.4) is 0 Å². The number of thioether (sulfide) groups is 1. The molecular weight excluding hydrogens is 406 g/mol. The van der Waals surface area contributed by atoms with Gasteiger partial charge in [-0.3, -0.25) is 14.3 Å². The Labute approximate surface area is 179 Å². The highest BCUT2D eigenvalue weighted by molar-refractivity contribution is 8.00. The summed E-state index contributed by atoms with van der Waals surface area (Å²) in [5.74, 6) is 0.735. The molecule has 2 aromatic heterocycles. The fourth-order valence-electron chi connectivity index (χ4n) is 3.46. The highest BCUT2D eigenvalue weighted by atomic mass is 35.5. The summed E-state index contributed by atoms with van der Waals surface area (Å²) in [7, 11) is 0. The number of benzene rings is 1. The molecule has 0 bridgehead atoms. The Morgan fingerprint density at radius 2 is 1.83 bits per heavy atom. The summed E-state index contributed by atoms with van der Waals surface area (Å²) >= 11 is 7.47. The largest absolute Gasteiger partial charge is 0.352 e. The van der Waals surface area contributed by atoms with Crippen molar-refractivity contribution in [3.05, 3.63) is 53.8 Å². The van der Waals surface area contributed by atoms with E-state index in [1.165, 1.54) is 24.6 Å². The molecule has 2 heterocycles. The van der Waals surface area contributed by atoms with Crippen LogP contribution < -0.4 is 5.32 Å². The quantitative estimate of drug-likeness (QED) is 0.585. The fraction of sp³-hybridized carbons (Fsp3) is 0.333. The Hall–Kier alpha value is -2.38. The van der Waals surface area contributed by atoms with Gasteiger partial charge in [-0.15, -0.1) is 10.2 Å². The average Bonchev–Trinajstić information content (AvgIpc) is 3.39. The van der Waals surface area contributed by atoms with E-state index in [1.54, 1.807) is 12.4 Å². The van der Waals surface area contributed by atoms with E-state index in [4.69, 9.17) is 11.6 Å². The predicted molar refractivity (Wildman–Crippen MR) is 115 cm³/mol. The van der Waals surface area contributed by atoms with E-state index in [9.17, 15) is 4.79 Å². The third kappa shape index (κ3) is 4.62. The van der Waals surface area contributed by atoms with Crippen LogP contribution in [-0.2, 0) is 4.79 Å². The highest BCUT2D eigenvalue weighted by Gasteiger charge is 2.24. The zero-order valence-electron chi connectivity index (χ0n) is 16.1. The van der Waals surface area contributed by atoms with E-state index < -0.39 is 0 Å². The second kappa shape index (κ2) is 8.97. The monoisotopic (exact) mass is 427 g/mol. The van der Waals surface area contributed by atoms with Gasteiger partial charge in [0.25, 0.3) is 0 Å². The van der Waals surface area contributed by atoms with Gasteiger partial charge in [0.1, 0.15) is 0 Å². The lowest BCUT2D eigenvalue weighted by Crippen LogP contribution is -2.37. The van der Waals surface area contributed by atoms with Gasteiger partial charge in [-0.25, -0.2) is 0 Å². The van der Waals surface area contributed by atoms with Crippen LogP contribution >= 0.6 is 23.4 Å². The standard InChI is InChI=1S/C21H22ClN5OS/c1-14(20(28)24-17-4-2-3-5-17)29-21-26-25-19(15-10-12-23-13-11-15)27(21)18-8-6-16(22)7-9-18/h6-14,17H,2-5H2,1H3,(H,24,28). The smallest absolute Gasteiger partial charge is 0.233 e. The first kappa shape index (κ1) is 19.9. The van der Waals surface area contributed by atoms with E-state index >= 15 is 0 Å². The second-order valence-electron chi connectivity index (χ2n) is 7.10. The third-order valence-electron chi connectivity index (χ3n) is 5.01. The molecule has 1 atom stereocenters. The second-order valence-corrected chi connectivity index (χ2v) is 8.85. The van der Waals surface area contributed by atoms with Crippen molar-refractivity contribution in [3.63, 3.8) is 0 Å². The summed E-state index contributed by atoms with van der Waals surface area (Å²) in [5.41, 5.74) is 1.79. The number of hydrogen-bond acceptors (Lipinski definition) is 5. The molecule has 150 valence electrons. The maximum absolute atomic E-state index is 12.7. The molecule has 0 aliphatic heterocycles. The van der Waals surface area contributed by atoms with Crippen molar-refractivity contribution < 1.29 is 4.79 Å². The fourth-order valence-corrected chi connectivity index (χ4v) is 4.46. The summed E-state index contributed by atoms with van der Waals surface area (Å²) in [5, 5.41) is 13.0. The third-order valence-corrected chi connectivity index (χ3v) is 6.30. The SMILES string of the molecule is CC(Sc1nnc(-c2ccncc2)n1-c1ccc(Cl)cc1)C(=O)NC1CCCC1. The van der Waals surface area contributed by atoms with Crippen molar-refractivity contribution >= 4 is 29.3 Å². The molecule has 4 rings (SSSR count). The number of amides is 1. The summed E-state index contributed by atoms with van der Waals surface area (Å²) in [6, 6.07) is 11.6. The molecule has 3 aromatic rings. The lowest BCUT2D eigenvalue weighted by Gasteiger charge is -2.17. The minimum absolute atomic E-state index is 0.0398. The molecule has 6 nitrogen and oxygen atoms in total. The molecule has 0 saturated heterocycles. The molecular formula is C21H22ClN5OS. The Morgan fingerprint density at radius 3 is 2.52 bits per heavy atom. The number of aromatic nitrogens is 4. The summed E-state index contributed by atoms with van der Waals surface area (Å²) in [4.78, 5) is 16.7. The van der Waals surface area contributed by atoms with Crippen LogP contribution in [0.4, 0.5) is 0 Å². The Bertz CT molecular complexity index is 970. The van der Waals surface area contributed by atoms with Gasteiger partial charge in [0.05, 0.1) is 5.25 Å². The molecule has 1 aliphatic carbocycles. The van der Waals surface area contributed by atoms with Crippen LogP contribution in [0, 0.1) is 0 Å². The minimum Gasteiger partial charge on any atom is -0.352 e. The van der Waals surface area contributed by atoms with Gasteiger partial charge in [-0.2, -0.15) is 0 Å². The molecule has 8 heteroatoms. The molecule has 1 saturated carbocycles. The van der Waals surface area contributed by atoms with E-state index in [0.717, 1.165) is 24.1 Å². The zero-order chi connectivity index (χ0) is 20.2. The van der Waals surface area contributed by atoms with E-state index in [2.05, 4.69) is 20.5 Å². The number of halogens is 1. The molecule has 1 unspecified atom stereocenters. The van der Waals surface area contributed by atoms with Crippen LogP contribution in [-0.4, -0.2) is 36.9 Å². The number of carbonyl (C=O) groups is 1. The number of nitrogens with one attached hydrogen (secondary N) is 1. The maximum atomic E-state index is 12.7. The number of hydrogen-bond donors (Lipinski definition) is 1. The summed E-state index contributed by atoms with van der Waals surface area (Å²) in [6.45, 7) is 1.90. The van der Waals surface area contributed by atoms with Crippen molar-refractivity contribution in [2.45, 2.75) is 49.1 Å². The number of pyridine rings is 1. The van der Waals surface area contributed by atoms with Gasteiger partial charge in [0.2, 0.25) is 5.91 Å². The predicted octanol–water partition coefficient (Wildman–Crippen LogP) is 4.52. The van der Waals surface area contributed by atoms with Crippen LogP contribution in [0.5, 0.6) is 0 Å². The van der Waals surface area contributed by atoms with Gasteiger partial charge in [-0.1, -0.05) is 36.2 Å². The molecule has 1 fully saturated rings. The normalized spacial score (nSPS) is 15.4. The zero-order valence-corrected chi connectivity index (χ0v) is 17.7. The first-order valence-corrected chi connectivity index (χ1v) is 11.0. The number of nitrogens with zero attached hydrogens (tertiary/aromatic N) is 4. The van der Waals surface area contributed by atoms with Crippen molar-refractivity contribution in [1.82, 2.24) is 25.1 Å². The van der Waals surface area contributed by atoms with E-state index in [-0.39, 0.29) is 11.2 Å². The van der Waals surface area contributed by atoms with Gasteiger partial charge in [0, 0.05) is 34.7 Å². The highest BCUT2D eigenvalue weighted by Crippen LogP contribution is 2.30. The number of carbonyl (C=O) groups excluding carboxylic acids is 1. The van der Waals surface area contributed by atoms with Gasteiger partial charge < -0.3 is 5.32 Å². The topological polar surface area (TPSA) is 72.7 Å². The van der Waals surface area contributed by atoms with Crippen LogP contribution in [0.25, 0.3) is 17.1 Å². The molecule has 1 N–H and O–H groups in total. The number of rotatable bonds is 6. The Balaban J connectivity index is 1.63. The molecule has 1 aliphatic rings. The van der Waals surface area contributed by atoms with Crippen molar-refractivity contribution in [2.24, 2.45) is 0 Å². The van der Waals surface area contributed by atoms with Crippen molar-refractivity contribution in [3.8, 4) is 17.1 Å². The maximum Gasteiger partial charge on any atom is 0.233 e. The van der Waals surface area contributed by atoms with Crippen LogP contribution in [0.15, 0.2) is 53.9 Å². The first-order valence-electron chi connectivity index (χ1n) is 9.70.